The summed E-state index contributed by atoms with van der Waals surface area (Å²) in [5.41, 5.74) is 0. The first-order valence-corrected chi connectivity index (χ1v) is 3.49. The molecule has 1 saturated heterocycles. The zero-order valence-electron chi connectivity index (χ0n) is 5.50. The maximum atomic E-state index is 10.1. The van der Waals surface area contributed by atoms with Crippen LogP contribution in [0.1, 0.15) is 0 Å². The van der Waals surface area contributed by atoms with Gasteiger partial charge in [0, 0.05) is 19.1 Å². The lowest BCUT2D eigenvalue weighted by Crippen LogP contribution is -2.31. The number of piperidine rings is 1. The minimum absolute atomic E-state index is 0.249. The van der Waals surface area contributed by atoms with E-state index < -0.39 is 6.09 Å². The summed E-state index contributed by atoms with van der Waals surface area (Å²) >= 11 is 0. The molecule has 0 radical (unpaired) electrons. The zero-order valence-corrected chi connectivity index (χ0v) is 5.50. The van der Waals surface area contributed by atoms with Crippen molar-refractivity contribution in [2.75, 3.05) is 13.1 Å². The van der Waals surface area contributed by atoms with Gasteiger partial charge in [-0.05, 0) is 11.8 Å². The zero-order chi connectivity index (χ0) is 7.14. The Hall–Kier alpha value is -0.770. The van der Waals surface area contributed by atoms with Crippen molar-refractivity contribution >= 4 is 6.09 Å². The van der Waals surface area contributed by atoms with Gasteiger partial charge in [-0.25, -0.2) is 4.79 Å². The van der Waals surface area contributed by atoms with E-state index in [-0.39, 0.29) is 6.04 Å². The number of carboxylic acid groups (broad SMARTS) is 1. The lowest BCUT2D eigenvalue weighted by Gasteiger charge is -2.02. The van der Waals surface area contributed by atoms with E-state index in [1.54, 1.807) is 0 Å². The van der Waals surface area contributed by atoms with Crippen LogP contribution in [0.3, 0.4) is 0 Å². The van der Waals surface area contributed by atoms with Crippen LogP contribution in [0, 0.1) is 11.8 Å². The fraction of sp³-hybridized carbons (Fsp3) is 0.833. The lowest BCUT2D eigenvalue weighted by molar-refractivity contribution is 0.192. The Balaban J connectivity index is 1.84. The van der Waals surface area contributed by atoms with Crippen LogP contribution in [0.4, 0.5) is 4.79 Å². The molecule has 1 amide bonds. The van der Waals surface area contributed by atoms with E-state index in [0.717, 1.165) is 13.1 Å². The Labute approximate surface area is 58.6 Å². The number of hydrogen-bond donors (Lipinski definition) is 3. The topological polar surface area (TPSA) is 61.4 Å². The van der Waals surface area contributed by atoms with Crippen molar-refractivity contribution in [1.82, 2.24) is 10.6 Å². The smallest absolute Gasteiger partial charge is 0.404 e. The minimum Gasteiger partial charge on any atom is -0.465 e. The molecule has 56 valence electrons. The molecule has 1 saturated carbocycles. The third kappa shape index (κ3) is 0.759. The van der Waals surface area contributed by atoms with Gasteiger partial charge in [0.2, 0.25) is 0 Å². The third-order valence-electron chi connectivity index (χ3n) is 2.38. The van der Waals surface area contributed by atoms with E-state index in [1.165, 1.54) is 0 Å². The van der Waals surface area contributed by atoms with Crippen LogP contribution < -0.4 is 10.6 Å². The van der Waals surface area contributed by atoms with Gasteiger partial charge in [-0.2, -0.15) is 0 Å². The number of carbonyl (C=O) groups is 1. The van der Waals surface area contributed by atoms with Gasteiger partial charge < -0.3 is 15.7 Å². The molecule has 4 heteroatoms. The highest BCUT2D eigenvalue weighted by atomic mass is 16.4. The Morgan fingerprint density at radius 2 is 2.10 bits per heavy atom. The lowest BCUT2D eigenvalue weighted by atomic mass is 10.4. The predicted octanol–water partition coefficient (Wildman–Crippen LogP) is -0.528. The highest BCUT2D eigenvalue weighted by molar-refractivity contribution is 5.65. The number of amides is 1. The largest absolute Gasteiger partial charge is 0.465 e. The molecule has 1 aliphatic heterocycles. The molecule has 4 nitrogen and oxygen atoms in total. The number of rotatable bonds is 1. The van der Waals surface area contributed by atoms with Gasteiger partial charge in [0.05, 0.1) is 0 Å². The van der Waals surface area contributed by atoms with E-state index in [1.807, 2.05) is 0 Å². The van der Waals surface area contributed by atoms with Crippen LogP contribution in [0.2, 0.25) is 0 Å². The number of nitrogens with one attached hydrogen (secondary N) is 2. The molecule has 2 fully saturated rings. The Kier molecular flexibility index (Phi) is 1.11. The molecule has 2 aliphatic rings. The van der Waals surface area contributed by atoms with E-state index in [2.05, 4.69) is 10.6 Å². The first-order valence-electron chi connectivity index (χ1n) is 3.49. The molecular formula is C6H10N2O2. The Morgan fingerprint density at radius 3 is 2.60 bits per heavy atom. The molecule has 0 aromatic carbocycles. The van der Waals surface area contributed by atoms with Crippen LogP contribution in [-0.4, -0.2) is 30.3 Å². The van der Waals surface area contributed by atoms with Crippen molar-refractivity contribution in [3.63, 3.8) is 0 Å². The second kappa shape index (κ2) is 1.85. The summed E-state index contributed by atoms with van der Waals surface area (Å²) in [4.78, 5) is 10.1. The standard InChI is InChI=1S/C6H10N2O2/c9-6(10)8-5-3-1-7-2-4(3)5/h3-5,7-8H,1-2H2,(H,9,10)/t3-,4-/m0/s1. The van der Waals surface area contributed by atoms with Gasteiger partial charge in [-0.15, -0.1) is 0 Å². The monoisotopic (exact) mass is 142 g/mol. The molecule has 2 rings (SSSR count). The molecule has 2 atom stereocenters. The minimum atomic E-state index is -0.889. The summed E-state index contributed by atoms with van der Waals surface area (Å²) in [6, 6.07) is 0.249. The average Bonchev–Trinajstić information content (AvgIpc) is 2.40. The third-order valence-corrected chi connectivity index (χ3v) is 2.38. The second-order valence-corrected chi connectivity index (χ2v) is 2.96. The van der Waals surface area contributed by atoms with E-state index in [9.17, 15) is 4.79 Å². The summed E-state index contributed by atoms with van der Waals surface area (Å²) < 4.78 is 0. The molecule has 0 aromatic heterocycles. The van der Waals surface area contributed by atoms with Crippen LogP contribution in [0.25, 0.3) is 0 Å². The van der Waals surface area contributed by atoms with Crippen molar-refractivity contribution in [2.45, 2.75) is 6.04 Å². The molecule has 10 heavy (non-hydrogen) atoms. The van der Waals surface area contributed by atoms with Crippen LogP contribution in [-0.2, 0) is 0 Å². The average molecular weight is 142 g/mol. The Bertz CT molecular complexity index is 161. The van der Waals surface area contributed by atoms with Gasteiger partial charge in [-0.3, -0.25) is 0 Å². The van der Waals surface area contributed by atoms with E-state index in [4.69, 9.17) is 5.11 Å². The molecule has 0 unspecified atom stereocenters. The van der Waals surface area contributed by atoms with Gasteiger partial charge in [0.1, 0.15) is 0 Å². The summed E-state index contributed by atoms with van der Waals surface area (Å²) in [5, 5.41) is 14.0. The normalized spacial score (nSPS) is 42.6. The number of hydrogen-bond acceptors (Lipinski definition) is 2. The molecule has 1 heterocycles. The van der Waals surface area contributed by atoms with Crippen molar-refractivity contribution in [2.24, 2.45) is 11.8 Å². The van der Waals surface area contributed by atoms with Crippen molar-refractivity contribution in [1.29, 1.82) is 0 Å². The first kappa shape index (κ1) is 5.97. The SMILES string of the molecule is O=C(O)NC1[C@H]2CNC[C@H]12. The second-order valence-electron chi connectivity index (χ2n) is 2.96. The highest BCUT2D eigenvalue weighted by Gasteiger charge is 2.53. The summed E-state index contributed by atoms with van der Waals surface area (Å²) in [6.07, 6.45) is -0.889. The molecule has 0 aromatic rings. The molecule has 3 N–H and O–H groups in total. The highest BCUT2D eigenvalue weighted by Crippen LogP contribution is 2.41. The molecule has 0 spiro atoms. The molecular weight excluding hydrogens is 132 g/mol. The van der Waals surface area contributed by atoms with Gasteiger partial charge in [0.15, 0.2) is 0 Å². The van der Waals surface area contributed by atoms with E-state index >= 15 is 0 Å². The van der Waals surface area contributed by atoms with Crippen molar-refractivity contribution < 1.29 is 9.90 Å². The fourth-order valence-electron chi connectivity index (χ4n) is 1.78. The van der Waals surface area contributed by atoms with Crippen LogP contribution in [0.15, 0.2) is 0 Å². The van der Waals surface area contributed by atoms with Crippen LogP contribution >= 0.6 is 0 Å². The first-order chi connectivity index (χ1) is 4.79. The predicted molar refractivity (Wildman–Crippen MR) is 34.8 cm³/mol. The van der Waals surface area contributed by atoms with Crippen molar-refractivity contribution in [3.05, 3.63) is 0 Å². The quantitative estimate of drug-likeness (QED) is 0.461. The van der Waals surface area contributed by atoms with Gasteiger partial charge in [-0.1, -0.05) is 0 Å². The van der Waals surface area contributed by atoms with E-state index in [0.29, 0.717) is 11.8 Å². The fourth-order valence-corrected chi connectivity index (χ4v) is 1.78. The summed E-state index contributed by atoms with van der Waals surface area (Å²) in [5.74, 6) is 1.16. The van der Waals surface area contributed by atoms with Gasteiger partial charge >= 0.3 is 6.09 Å². The Morgan fingerprint density at radius 1 is 1.50 bits per heavy atom. The van der Waals surface area contributed by atoms with Gasteiger partial charge in [0.25, 0.3) is 0 Å². The summed E-state index contributed by atoms with van der Waals surface area (Å²) in [7, 11) is 0. The van der Waals surface area contributed by atoms with Crippen molar-refractivity contribution in [3.8, 4) is 0 Å². The molecule has 0 bridgehead atoms. The molecule has 1 aliphatic carbocycles. The maximum Gasteiger partial charge on any atom is 0.404 e. The number of fused-ring (bicyclic) bond motifs is 1. The van der Waals surface area contributed by atoms with Crippen LogP contribution in [0.5, 0.6) is 0 Å². The summed E-state index contributed by atoms with van der Waals surface area (Å²) in [6.45, 7) is 1.96. The maximum absolute atomic E-state index is 10.1.